The summed E-state index contributed by atoms with van der Waals surface area (Å²) in [6.07, 6.45) is 9.82. The van der Waals surface area contributed by atoms with Gasteiger partial charge in [-0.1, -0.05) is 6.07 Å². The van der Waals surface area contributed by atoms with Crippen LogP contribution in [0.3, 0.4) is 0 Å². The molecule has 1 N–H and O–H groups in total. The minimum atomic E-state index is 0.181. The Morgan fingerprint density at radius 1 is 1.08 bits per heavy atom. The van der Waals surface area contributed by atoms with Crippen LogP contribution >= 0.6 is 0 Å². The van der Waals surface area contributed by atoms with Gasteiger partial charge in [0.25, 0.3) is 0 Å². The van der Waals surface area contributed by atoms with Gasteiger partial charge in [0, 0.05) is 31.5 Å². The van der Waals surface area contributed by atoms with E-state index in [0.29, 0.717) is 6.04 Å². The summed E-state index contributed by atoms with van der Waals surface area (Å²) in [5.41, 5.74) is 1.24. The van der Waals surface area contributed by atoms with Crippen molar-refractivity contribution in [2.45, 2.75) is 37.8 Å². The molecule has 0 bridgehead atoms. The molecule has 24 heavy (non-hydrogen) atoms. The maximum Gasteiger partial charge on any atom is 0.134 e. The summed E-state index contributed by atoms with van der Waals surface area (Å²) in [4.78, 5) is 17.8. The number of hydrogen-bond acceptors (Lipinski definition) is 6. The standard InChI is InChI=1S/C18H23N5O/c24-12-15-5-2-8-22(15)17-10-18(21-13-20-17)23-9-3-6-16(23)14-4-1-7-19-11-14/h1,4,7,10-11,13,15-16,24H,2-3,5-6,8-9,12H2. The SMILES string of the molecule is OCC1CCCN1c1cc(N2CCCC2c2cccnc2)ncn1. The molecule has 2 fully saturated rings. The van der Waals surface area contributed by atoms with Gasteiger partial charge in [0.2, 0.25) is 0 Å². The van der Waals surface area contributed by atoms with E-state index in [2.05, 4.69) is 36.9 Å². The third-order valence-electron chi connectivity index (χ3n) is 5.14. The molecule has 2 aromatic rings. The molecule has 2 aliphatic rings. The zero-order valence-corrected chi connectivity index (χ0v) is 13.8. The minimum absolute atomic E-state index is 0.181. The number of nitrogens with zero attached hydrogens (tertiary/aromatic N) is 5. The average Bonchev–Trinajstić information content (AvgIpc) is 3.31. The van der Waals surface area contributed by atoms with Gasteiger partial charge in [-0.25, -0.2) is 9.97 Å². The number of pyridine rings is 1. The predicted molar refractivity (Wildman–Crippen MR) is 93.0 cm³/mol. The van der Waals surface area contributed by atoms with Crippen molar-refractivity contribution >= 4 is 11.6 Å². The van der Waals surface area contributed by atoms with Crippen molar-refractivity contribution < 1.29 is 5.11 Å². The van der Waals surface area contributed by atoms with Crippen LogP contribution in [0.15, 0.2) is 36.9 Å². The van der Waals surface area contributed by atoms with Crippen LogP contribution in [-0.2, 0) is 0 Å². The fourth-order valence-electron chi connectivity index (χ4n) is 3.94. The first-order chi connectivity index (χ1) is 11.9. The molecule has 2 atom stereocenters. The highest BCUT2D eigenvalue weighted by molar-refractivity contribution is 5.53. The van der Waals surface area contributed by atoms with Crippen molar-refractivity contribution in [3.05, 3.63) is 42.5 Å². The van der Waals surface area contributed by atoms with Crippen molar-refractivity contribution in [1.29, 1.82) is 0 Å². The van der Waals surface area contributed by atoms with E-state index in [9.17, 15) is 5.11 Å². The second-order valence-corrected chi connectivity index (χ2v) is 6.54. The molecule has 126 valence electrons. The van der Waals surface area contributed by atoms with Crippen molar-refractivity contribution in [3.63, 3.8) is 0 Å². The van der Waals surface area contributed by atoms with E-state index in [1.165, 1.54) is 5.56 Å². The molecule has 6 nitrogen and oxygen atoms in total. The van der Waals surface area contributed by atoms with E-state index < -0.39 is 0 Å². The van der Waals surface area contributed by atoms with E-state index in [4.69, 9.17) is 0 Å². The highest BCUT2D eigenvalue weighted by Gasteiger charge is 2.29. The Labute approximate surface area is 142 Å². The van der Waals surface area contributed by atoms with Crippen LogP contribution in [0.25, 0.3) is 0 Å². The van der Waals surface area contributed by atoms with E-state index in [0.717, 1.165) is 50.4 Å². The van der Waals surface area contributed by atoms with E-state index >= 15 is 0 Å². The molecule has 4 rings (SSSR count). The monoisotopic (exact) mass is 325 g/mol. The summed E-state index contributed by atoms with van der Waals surface area (Å²) in [5, 5.41) is 9.57. The van der Waals surface area contributed by atoms with Crippen LogP contribution < -0.4 is 9.80 Å². The summed E-state index contributed by atoms with van der Waals surface area (Å²) in [7, 11) is 0. The lowest BCUT2D eigenvalue weighted by Gasteiger charge is -2.28. The molecular weight excluding hydrogens is 302 g/mol. The second kappa shape index (κ2) is 6.73. The van der Waals surface area contributed by atoms with Crippen LogP contribution in [0.4, 0.5) is 11.6 Å². The third-order valence-corrected chi connectivity index (χ3v) is 5.14. The van der Waals surface area contributed by atoms with Gasteiger partial charge in [-0.05, 0) is 37.3 Å². The normalized spacial score (nSPS) is 23.9. The van der Waals surface area contributed by atoms with Crippen molar-refractivity contribution in [2.75, 3.05) is 29.5 Å². The summed E-state index contributed by atoms with van der Waals surface area (Å²) >= 11 is 0. The summed E-state index contributed by atoms with van der Waals surface area (Å²) in [6, 6.07) is 6.71. The van der Waals surface area contributed by atoms with Crippen molar-refractivity contribution in [3.8, 4) is 0 Å². The average molecular weight is 325 g/mol. The lowest BCUT2D eigenvalue weighted by molar-refractivity contribution is 0.266. The molecule has 0 amide bonds. The first kappa shape index (κ1) is 15.3. The number of anilines is 2. The number of aliphatic hydroxyl groups excluding tert-OH is 1. The molecule has 2 aliphatic heterocycles. The van der Waals surface area contributed by atoms with Crippen molar-refractivity contribution in [2.24, 2.45) is 0 Å². The molecule has 2 unspecified atom stereocenters. The predicted octanol–water partition coefficient (Wildman–Crippen LogP) is 2.17. The quantitative estimate of drug-likeness (QED) is 0.929. The van der Waals surface area contributed by atoms with E-state index in [-0.39, 0.29) is 12.6 Å². The fraction of sp³-hybridized carbons (Fsp3) is 0.500. The first-order valence-electron chi connectivity index (χ1n) is 8.73. The highest BCUT2D eigenvalue weighted by atomic mass is 16.3. The van der Waals surface area contributed by atoms with Gasteiger partial charge in [0.1, 0.15) is 18.0 Å². The Bertz CT molecular complexity index is 680. The van der Waals surface area contributed by atoms with Gasteiger partial charge >= 0.3 is 0 Å². The maximum absolute atomic E-state index is 9.57. The van der Waals surface area contributed by atoms with Gasteiger partial charge in [-0.2, -0.15) is 0 Å². The Morgan fingerprint density at radius 2 is 1.88 bits per heavy atom. The lowest BCUT2D eigenvalue weighted by Crippen LogP contribution is -2.33. The van der Waals surface area contributed by atoms with Gasteiger partial charge in [-0.15, -0.1) is 0 Å². The maximum atomic E-state index is 9.57. The zero-order chi connectivity index (χ0) is 16.4. The van der Waals surface area contributed by atoms with Crippen molar-refractivity contribution in [1.82, 2.24) is 15.0 Å². The largest absolute Gasteiger partial charge is 0.394 e. The number of rotatable bonds is 4. The number of aliphatic hydroxyl groups is 1. The molecule has 0 saturated carbocycles. The highest BCUT2D eigenvalue weighted by Crippen LogP contribution is 2.36. The Morgan fingerprint density at radius 3 is 2.67 bits per heavy atom. The van der Waals surface area contributed by atoms with E-state index in [1.807, 2.05) is 18.5 Å². The van der Waals surface area contributed by atoms with E-state index in [1.54, 1.807) is 6.33 Å². The molecule has 2 aromatic heterocycles. The molecule has 4 heterocycles. The van der Waals surface area contributed by atoms with Gasteiger partial charge < -0.3 is 14.9 Å². The van der Waals surface area contributed by atoms with Gasteiger partial charge in [0.05, 0.1) is 18.7 Å². The molecule has 2 saturated heterocycles. The Kier molecular flexibility index (Phi) is 4.30. The Hall–Kier alpha value is -2.21. The lowest BCUT2D eigenvalue weighted by atomic mass is 10.1. The molecule has 6 heteroatoms. The van der Waals surface area contributed by atoms with Gasteiger partial charge in [0.15, 0.2) is 0 Å². The molecule has 0 aliphatic carbocycles. The zero-order valence-electron chi connectivity index (χ0n) is 13.8. The molecule has 0 radical (unpaired) electrons. The first-order valence-corrected chi connectivity index (χ1v) is 8.73. The second-order valence-electron chi connectivity index (χ2n) is 6.54. The van der Waals surface area contributed by atoms with Crippen LogP contribution in [0.1, 0.15) is 37.3 Å². The smallest absolute Gasteiger partial charge is 0.134 e. The van der Waals surface area contributed by atoms with Crippen LogP contribution in [0.5, 0.6) is 0 Å². The van der Waals surface area contributed by atoms with Crippen LogP contribution in [0, 0.1) is 0 Å². The third kappa shape index (κ3) is 2.82. The number of aromatic nitrogens is 3. The molecular formula is C18H23N5O. The summed E-state index contributed by atoms with van der Waals surface area (Å²) < 4.78 is 0. The topological polar surface area (TPSA) is 65.4 Å². The Balaban J connectivity index is 1.61. The molecule has 0 aromatic carbocycles. The van der Waals surface area contributed by atoms with Crippen LogP contribution in [0.2, 0.25) is 0 Å². The number of hydrogen-bond donors (Lipinski definition) is 1. The summed E-state index contributed by atoms with van der Waals surface area (Å²) in [6.45, 7) is 2.13. The van der Waals surface area contributed by atoms with Gasteiger partial charge in [-0.3, -0.25) is 4.98 Å². The fourth-order valence-corrected chi connectivity index (χ4v) is 3.94. The van der Waals surface area contributed by atoms with Crippen LogP contribution in [-0.4, -0.2) is 45.8 Å². The minimum Gasteiger partial charge on any atom is -0.394 e. The summed E-state index contributed by atoms with van der Waals surface area (Å²) in [5.74, 6) is 1.89. The molecule has 0 spiro atoms.